The lowest BCUT2D eigenvalue weighted by Gasteiger charge is -2.33. The van der Waals surface area contributed by atoms with E-state index in [0.29, 0.717) is 18.9 Å². The van der Waals surface area contributed by atoms with Crippen LogP contribution >= 0.6 is 0 Å². The minimum absolute atomic E-state index is 0.0582. The number of imidazole rings is 1. The summed E-state index contributed by atoms with van der Waals surface area (Å²) in [6, 6.07) is 18.9. The molecule has 6 rings (SSSR count). The largest absolute Gasteiger partial charge is 0.382 e. The van der Waals surface area contributed by atoms with Gasteiger partial charge in [-0.2, -0.15) is 0 Å². The summed E-state index contributed by atoms with van der Waals surface area (Å²) in [5.74, 6) is 1.64. The Kier molecular flexibility index (Phi) is 5.36. The number of rotatable bonds is 3. The van der Waals surface area contributed by atoms with Gasteiger partial charge in [0.1, 0.15) is 22.9 Å². The van der Waals surface area contributed by atoms with Crippen LogP contribution in [-0.2, 0) is 0 Å². The van der Waals surface area contributed by atoms with Crippen molar-refractivity contribution in [2.75, 3.05) is 32.9 Å². The molecule has 36 heavy (non-hydrogen) atoms. The zero-order valence-electron chi connectivity index (χ0n) is 20.5. The van der Waals surface area contributed by atoms with E-state index in [1.165, 1.54) is 0 Å². The molecule has 4 heterocycles. The molecule has 0 bridgehead atoms. The van der Waals surface area contributed by atoms with Gasteiger partial charge in [-0.25, -0.2) is 14.8 Å². The third kappa shape index (κ3) is 3.66. The van der Waals surface area contributed by atoms with E-state index in [2.05, 4.69) is 62.9 Å². The van der Waals surface area contributed by atoms with Gasteiger partial charge in [0.05, 0.1) is 11.2 Å². The molecule has 0 spiro atoms. The summed E-state index contributed by atoms with van der Waals surface area (Å²) in [6.45, 7) is 1.42. The zero-order valence-corrected chi connectivity index (χ0v) is 20.5. The number of nitrogens with zero attached hydrogens (tertiary/aromatic N) is 5. The lowest BCUT2D eigenvalue weighted by molar-refractivity contribution is 0.155. The Morgan fingerprint density at radius 3 is 2.61 bits per heavy atom. The summed E-state index contributed by atoms with van der Waals surface area (Å²) in [4.78, 5) is 29.1. The van der Waals surface area contributed by atoms with Crippen LogP contribution in [0.4, 0.5) is 10.6 Å². The summed E-state index contributed by atoms with van der Waals surface area (Å²) in [6.07, 6.45) is 5.37. The summed E-state index contributed by atoms with van der Waals surface area (Å²) in [5, 5.41) is 1.12. The Bertz CT molecular complexity index is 1560. The fourth-order valence-corrected chi connectivity index (χ4v) is 5.32. The number of hydrogen-bond donors (Lipinski definition) is 2. The molecule has 1 aliphatic heterocycles. The van der Waals surface area contributed by atoms with E-state index >= 15 is 0 Å². The molecule has 0 unspecified atom stereocenters. The first kappa shape index (κ1) is 22.2. The van der Waals surface area contributed by atoms with Crippen molar-refractivity contribution < 1.29 is 4.79 Å². The van der Waals surface area contributed by atoms with Gasteiger partial charge in [-0.3, -0.25) is 4.40 Å². The molecule has 182 valence electrons. The van der Waals surface area contributed by atoms with Crippen LogP contribution in [-0.4, -0.2) is 62.4 Å². The van der Waals surface area contributed by atoms with Gasteiger partial charge in [0.25, 0.3) is 0 Å². The molecule has 1 saturated heterocycles. The van der Waals surface area contributed by atoms with Crippen LogP contribution < -0.4 is 5.73 Å². The fraction of sp³-hybridized carbons (Fsp3) is 0.250. The van der Waals surface area contributed by atoms with E-state index in [4.69, 9.17) is 10.7 Å². The number of piperidine rings is 1. The number of urea groups is 1. The van der Waals surface area contributed by atoms with Crippen LogP contribution in [0.1, 0.15) is 24.6 Å². The van der Waals surface area contributed by atoms with Crippen molar-refractivity contribution in [3.8, 4) is 22.5 Å². The summed E-state index contributed by atoms with van der Waals surface area (Å²) >= 11 is 0. The first-order valence-electron chi connectivity index (χ1n) is 12.3. The number of likely N-dealkylation sites (tertiary alicyclic amines) is 1. The van der Waals surface area contributed by atoms with Crippen LogP contribution in [0.5, 0.6) is 0 Å². The molecule has 3 aromatic heterocycles. The number of carbonyl (C=O) groups excluding carboxylic acids is 1. The second kappa shape index (κ2) is 8.71. The number of hydrogen-bond acceptors (Lipinski definition) is 4. The van der Waals surface area contributed by atoms with Crippen molar-refractivity contribution in [1.82, 2.24) is 29.2 Å². The van der Waals surface area contributed by atoms with Crippen molar-refractivity contribution >= 4 is 28.3 Å². The minimum atomic E-state index is 0.0582. The highest BCUT2D eigenvalue weighted by atomic mass is 16.2. The normalized spacial score (nSPS) is 14.6. The zero-order chi connectivity index (χ0) is 24.8. The molecular formula is C28H29N7O. The maximum absolute atomic E-state index is 12.4. The third-order valence-corrected chi connectivity index (χ3v) is 7.12. The molecule has 2 aromatic carbocycles. The number of nitrogens with two attached hydrogens (primary N) is 1. The highest BCUT2D eigenvalue weighted by Crippen LogP contribution is 2.37. The van der Waals surface area contributed by atoms with Gasteiger partial charge in [0, 0.05) is 56.4 Å². The molecule has 0 radical (unpaired) electrons. The number of benzene rings is 2. The Labute approximate surface area is 209 Å². The van der Waals surface area contributed by atoms with Gasteiger partial charge in [0.15, 0.2) is 0 Å². The number of aromatic amines is 1. The van der Waals surface area contributed by atoms with Crippen LogP contribution in [0, 0.1) is 0 Å². The van der Waals surface area contributed by atoms with Crippen LogP contribution in [0.15, 0.2) is 67.0 Å². The number of nitrogen functional groups attached to an aromatic ring is 1. The van der Waals surface area contributed by atoms with Crippen LogP contribution in [0.25, 0.3) is 38.9 Å². The van der Waals surface area contributed by atoms with Gasteiger partial charge in [0.2, 0.25) is 0 Å². The lowest BCUT2D eigenvalue weighted by Crippen LogP contribution is -2.43. The standard InChI is InChI=1S/C28H29N7O/c1-33(2)28(36)34-14-11-19(12-15-34)27-32-24(25-26(29)30-13-16-35(25)27)22-17-20-9-6-10-21(23(20)31-22)18-7-4-3-5-8-18/h3-10,13,16-17,19,31H,11-12,14-15H2,1-2H3,(H2,29,30). The molecule has 0 atom stereocenters. The molecule has 1 fully saturated rings. The van der Waals surface area contributed by atoms with Crippen molar-refractivity contribution in [1.29, 1.82) is 0 Å². The van der Waals surface area contributed by atoms with Crippen molar-refractivity contribution in [3.63, 3.8) is 0 Å². The Morgan fingerprint density at radius 2 is 1.86 bits per heavy atom. The molecule has 1 aliphatic rings. The number of nitrogens with one attached hydrogen (secondary N) is 1. The quantitative estimate of drug-likeness (QED) is 0.381. The predicted octanol–water partition coefficient (Wildman–Crippen LogP) is 4.99. The predicted molar refractivity (Wildman–Crippen MR) is 143 cm³/mol. The monoisotopic (exact) mass is 479 g/mol. The average molecular weight is 480 g/mol. The van der Waals surface area contributed by atoms with Gasteiger partial charge in [-0.05, 0) is 24.5 Å². The van der Waals surface area contributed by atoms with Gasteiger partial charge in [-0.1, -0.05) is 48.5 Å². The molecule has 5 aromatic rings. The number of para-hydroxylation sites is 1. The third-order valence-electron chi connectivity index (χ3n) is 7.12. The number of aromatic nitrogens is 4. The first-order chi connectivity index (χ1) is 17.5. The Balaban J connectivity index is 1.42. The van der Waals surface area contributed by atoms with E-state index in [1.807, 2.05) is 17.2 Å². The molecule has 3 N–H and O–H groups in total. The first-order valence-corrected chi connectivity index (χ1v) is 12.3. The highest BCUT2D eigenvalue weighted by Gasteiger charge is 2.29. The maximum Gasteiger partial charge on any atom is 0.319 e. The fourth-order valence-electron chi connectivity index (χ4n) is 5.32. The summed E-state index contributed by atoms with van der Waals surface area (Å²) in [7, 11) is 3.59. The van der Waals surface area contributed by atoms with Crippen molar-refractivity contribution in [2.24, 2.45) is 0 Å². The second-order valence-electron chi connectivity index (χ2n) is 9.61. The molecule has 0 aliphatic carbocycles. The smallest absolute Gasteiger partial charge is 0.319 e. The lowest BCUT2D eigenvalue weighted by atomic mass is 9.96. The van der Waals surface area contributed by atoms with E-state index in [1.54, 1.807) is 25.2 Å². The van der Waals surface area contributed by atoms with Crippen LogP contribution in [0.2, 0.25) is 0 Å². The number of amides is 2. The number of fused-ring (bicyclic) bond motifs is 2. The van der Waals surface area contributed by atoms with Crippen LogP contribution in [0.3, 0.4) is 0 Å². The molecule has 8 nitrogen and oxygen atoms in total. The topological polar surface area (TPSA) is 95.5 Å². The Morgan fingerprint density at radius 1 is 1.08 bits per heavy atom. The summed E-state index contributed by atoms with van der Waals surface area (Å²) < 4.78 is 2.08. The van der Waals surface area contributed by atoms with E-state index in [-0.39, 0.29) is 11.9 Å². The molecule has 8 heteroatoms. The molecule has 2 amide bonds. The number of carbonyl (C=O) groups is 1. The average Bonchev–Trinajstić information content (AvgIpc) is 3.51. The van der Waals surface area contributed by atoms with Gasteiger partial charge < -0.3 is 20.5 Å². The van der Waals surface area contributed by atoms with Crippen molar-refractivity contribution in [2.45, 2.75) is 18.8 Å². The number of anilines is 1. The SMILES string of the molecule is CN(C)C(=O)N1CCC(c2nc(-c3cc4cccc(-c5ccccc5)c4[nH]3)c3c(N)nccn23)CC1. The molecular weight excluding hydrogens is 450 g/mol. The van der Waals surface area contributed by atoms with Gasteiger partial charge >= 0.3 is 6.03 Å². The highest BCUT2D eigenvalue weighted by molar-refractivity contribution is 5.98. The van der Waals surface area contributed by atoms with E-state index in [0.717, 1.165) is 57.6 Å². The second-order valence-corrected chi connectivity index (χ2v) is 9.61. The minimum Gasteiger partial charge on any atom is -0.382 e. The van der Waals surface area contributed by atoms with E-state index < -0.39 is 0 Å². The van der Waals surface area contributed by atoms with E-state index in [9.17, 15) is 4.79 Å². The van der Waals surface area contributed by atoms with Crippen molar-refractivity contribution in [3.05, 3.63) is 72.8 Å². The number of H-pyrrole nitrogens is 1. The molecule has 0 saturated carbocycles. The summed E-state index contributed by atoms with van der Waals surface area (Å²) in [5.41, 5.74) is 12.3. The van der Waals surface area contributed by atoms with Gasteiger partial charge in [-0.15, -0.1) is 0 Å². The maximum atomic E-state index is 12.4. The Hall–Kier alpha value is -4.33.